The number of nitro benzene ring substituents is 2. The molecule has 8 nitrogen and oxygen atoms in total. The number of nitro groups is 2. The molecular formula is C14H16N4O4. The van der Waals surface area contributed by atoms with Crippen molar-refractivity contribution < 1.29 is 9.85 Å². The summed E-state index contributed by atoms with van der Waals surface area (Å²) in [5.74, 6) is 0.733. The Balaban J connectivity index is 2.13. The zero-order valence-electron chi connectivity index (χ0n) is 12.0. The third-order valence-corrected chi connectivity index (χ3v) is 3.65. The summed E-state index contributed by atoms with van der Waals surface area (Å²) in [4.78, 5) is 20.3. The van der Waals surface area contributed by atoms with Crippen LogP contribution in [0.15, 0.2) is 35.5 Å². The molecule has 1 aromatic carbocycles. The van der Waals surface area contributed by atoms with Gasteiger partial charge in [0.15, 0.2) is 0 Å². The summed E-state index contributed by atoms with van der Waals surface area (Å²) >= 11 is 0. The monoisotopic (exact) mass is 304 g/mol. The number of rotatable bonds is 5. The molecule has 22 heavy (non-hydrogen) atoms. The maximum atomic E-state index is 11.0. The fourth-order valence-electron chi connectivity index (χ4n) is 2.26. The molecular weight excluding hydrogens is 288 g/mol. The second kappa shape index (κ2) is 6.79. The summed E-state index contributed by atoms with van der Waals surface area (Å²) in [6, 6.07) is 3.42. The molecule has 0 saturated heterocycles. The van der Waals surface area contributed by atoms with E-state index in [4.69, 9.17) is 0 Å². The van der Waals surface area contributed by atoms with Gasteiger partial charge in [0.2, 0.25) is 0 Å². The zero-order valence-corrected chi connectivity index (χ0v) is 12.0. The number of nitrogens with zero attached hydrogens (tertiary/aromatic N) is 3. The highest BCUT2D eigenvalue weighted by molar-refractivity contribution is 5.68. The van der Waals surface area contributed by atoms with Crippen molar-refractivity contribution in [3.05, 3.63) is 50.6 Å². The third-order valence-electron chi connectivity index (χ3n) is 3.65. The van der Waals surface area contributed by atoms with Crippen LogP contribution in [0.2, 0.25) is 0 Å². The topological polar surface area (TPSA) is 111 Å². The minimum Gasteiger partial charge on any atom is -0.272 e. The molecule has 2 atom stereocenters. The number of allylic oxidation sites excluding steroid dienone is 2. The third kappa shape index (κ3) is 3.66. The van der Waals surface area contributed by atoms with Crippen LogP contribution in [0.25, 0.3) is 0 Å². The van der Waals surface area contributed by atoms with E-state index in [0.29, 0.717) is 5.92 Å². The van der Waals surface area contributed by atoms with Crippen LogP contribution in [0.4, 0.5) is 17.1 Å². The van der Waals surface area contributed by atoms with Gasteiger partial charge < -0.3 is 0 Å². The van der Waals surface area contributed by atoms with Gasteiger partial charge in [-0.2, -0.15) is 5.10 Å². The molecule has 0 amide bonds. The lowest BCUT2D eigenvalue weighted by Gasteiger charge is -2.20. The molecule has 0 saturated carbocycles. The van der Waals surface area contributed by atoms with Crippen LogP contribution in [-0.4, -0.2) is 16.1 Å². The Morgan fingerprint density at radius 2 is 1.95 bits per heavy atom. The van der Waals surface area contributed by atoms with Gasteiger partial charge in [0.05, 0.1) is 15.9 Å². The minimum atomic E-state index is -0.671. The van der Waals surface area contributed by atoms with Crippen LogP contribution in [-0.2, 0) is 0 Å². The number of hydrogen-bond donors (Lipinski definition) is 1. The number of nitrogens with one attached hydrogen (secondary N) is 1. The second-order valence-corrected chi connectivity index (χ2v) is 5.19. The molecule has 0 fully saturated rings. The molecule has 0 aliphatic heterocycles. The van der Waals surface area contributed by atoms with Crippen molar-refractivity contribution in [2.24, 2.45) is 16.9 Å². The van der Waals surface area contributed by atoms with Gasteiger partial charge in [-0.25, -0.2) is 0 Å². The van der Waals surface area contributed by atoms with Gasteiger partial charge in [0.1, 0.15) is 5.69 Å². The highest BCUT2D eigenvalue weighted by Crippen LogP contribution is 2.29. The Morgan fingerprint density at radius 3 is 2.59 bits per heavy atom. The Hall–Kier alpha value is -2.77. The summed E-state index contributed by atoms with van der Waals surface area (Å²) in [7, 11) is 0. The molecule has 116 valence electrons. The molecule has 0 aromatic heterocycles. The van der Waals surface area contributed by atoms with E-state index in [1.807, 2.05) is 0 Å². The molecule has 1 aromatic rings. The van der Waals surface area contributed by atoms with E-state index < -0.39 is 9.85 Å². The number of benzene rings is 1. The summed E-state index contributed by atoms with van der Waals surface area (Å²) in [5.41, 5.74) is 2.04. The van der Waals surface area contributed by atoms with Gasteiger partial charge in [-0.05, 0) is 24.8 Å². The van der Waals surface area contributed by atoms with Gasteiger partial charge in [0, 0.05) is 18.2 Å². The number of hydrogen-bond acceptors (Lipinski definition) is 6. The lowest BCUT2D eigenvalue weighted by Crippen LogP contribution is -2.15. The van der Waals surface area contributed by atoms with Crippen LogP contribution in [0, 0.1) is 32.1 Å². The molecule has 0 radical (unpaired) electrons. The standard InChI is InChI=1S/C14H16N4O4/c1-10-4-2-3-5-11(10)9-15-16-13-7-6-12(17(19)20)8-14(13)18(21)22/h2-3,6-11,16H,4-5H2,1H3/b15-9-. The summed E-state index contributed by atoms with van der Waals surface area (Å²) in [5, 5.41) is 25.7. The van der Waals surface area contributed by atoms with Crippen LogP contribution >= 0.6 is 0 Å². The van der Waals surface area contributed by atoms with E-state index in [9.17, 15) is 20.2 Å². The van der Waals surface area contributed by atoms with Crippen molar-refractivity contribution in [3.63, 3.8) is 0 Å². The van der Waals surface area contributed by atoms with E-state index in [0.717, 1.165) is 18.9 Å². The molecule has 0 spiro atoms. The van der Waals surface area contributed by atoms with Crippen LogP contribution in [0.1, 0.15) is 19.8 Å². The van der Waals surface area contributed by atoms with Crippen molar-refractivity contribution in [1.29, 1.82) is 0 Å². The van der Waals surface area contributed by atoms with E-state index in [2.05, 4.69) is 29.6 Å². The van der Waals surface area contributed by atoms with Gasteiger partial charge in [-0.3, -0.25) is 25.7 Å². The number of non-ortho nitro benzene ring substituents is 1. The first kappa shape index (κ1) is 15.6. The molecule has 1 N–H and O–H groups in total. The minimum absolute atomic E-state index is 0.130. The van der Waals surface area contributed by atoms with E-state index >= 15 is 0 Å². The molecule has 0 heterocycles. The number of hydrazone groups is 1. The van der Waals surface area contributed by atoms with Crippen LogP contribution in [0.3, 0.4) is 0 Å². The highest BCUT2D eigenvalue weighted by Gasteiger charge is 2.20. The smallest absolute Gasteiger partial charge is 0.272 e. The maximum Gasteiger partial charge on any atom is 0.301 e. The normalized spacial score (nSPS) is 21.0. The largest absolute Gasteiger partial charge is 0.301 e. The maximum absolute atomic E-state index is 11.0. The predicted molar refractivity (Wildman–Crippen MR) is 82.9 cm³/mol. The van der Waals surface area contributed by atoms with Crippen LogP contribution in [0.5, 0.6) is 0 Å². The van der Waals surface area contributed by atoms with E-state index in [1.165, 1.54) is 12.1 Å². The molecule has 1 aliphatic carbocycles. The van der Waals surface area contributed by atoms with Crippen molar-refractivity contribution in [2.45, 2.75) is 19.8 Å². The van der Waals surface area contributed by atoms with Gasteiger partial charge >= 0.3 is 5.69 Å². The van der Waals surface area contributed by atoms with Gasteiger partial charge in [0.25, 0.3) is 5.69 Å². The predicted octanol–water partition coefficient (Wildman–Crippen LogP) is 3.50. The lowest BCUT2D eigenvalue weighted by atomic mass is 9.85. The van der Waals surface area contributed by atoms with Crippen molar-refractivity contribution in [2.75, 3.05) is 5.43 Å². The first-order valence-electron chi connectivity index (χ1n) is 6.86. The van der Waals surface area contributed by atoms with Gasteiger partial charge in [-0.1, -0.05) is 19.1 Å². The van der Waals surface area contributed by atoms with Crippen molar-refractivity contribution >= 4 is 23.3 Å². The first-order chi connectivity index (χ1) is 10.5. The quantitative estimate of drug-likeness (QED) is 0.387. The Morgan fingerprint density at radius 1 is 1.23 bits per heavy atom. The summed E-state index contributed by atoms with van der Waals surface area (Å²) < 4.78 is 0. The van der Waals surface area contributed by atoms with Crippen LogP contribution < -0.4 is 5.43 Å². The zero-order chi connectivity index (χ0) is 16.1. The first-order valence-corrected chi connectivity index (χ1v) is 6.86. The second-order valence-electron chi connectivity index (χ2n) is 5.19. The molecule has 1 aliphatic rings. The fourth-order valence-corrected chi connectivity index (χ4v) is 2.26. The Kier molecular flexibility index (Phi) is 4.82. The molecule has 0 bridgehead atoms. The Labute approximate surface area is 126 Å². The van der Waals surface area contributed by atoms with Crippen molar-refractivity contribution in [3.8, 4) is 0 Å². The summed E-state index contributed by atoms with van der Waals surface area (Å²) in [6.07, 6.45) is 7.82. The summed E-state index contributed by atoms with van der Waals surface area (Å²) in [6.45, 7) is 2.12. The SMILES string of the molecule is CC1CC=CCC1/C=N\Nc1ccc([N+](=O)[O-])cc1[N+](=O)[O-]. The lowest BCUT2D eigenvalue weighted by molar-refractivity contribution is -0.393. The Bertz CT molecular complexity index is 642. The fraction of sp³-hybridized carbons (Fsp3) is 0.357. The van der Waals surface area contributed by atoms with Crippen molar-refractivity contribution in [1.82, 2.24) is 0 Å². The number of anilines is 1. The molecule has 2 rings (SSSR count). The molecule has 2 unspecified atom stereocenters. The van der Waals surface area contributed by atoms with Gasteiger partial charge in [-0.15, -0.1) is 0 Å². The highest BCUT2D eigenvalue weighted by atomic mass is 16.6. The average molecular weight is 304 g/mol. The van der Waals surface area contributed by atoms with E-state index in [-0.39, 0.29) is 23.0 Å². The average Bonchev–Trinajstić information content (AvgIpc) is 2.49. The van der Waals surface area contributed by atoms with E-state index in [1.54, 1.807) is 6.21 Å². The molecule has 8 heteroatoms.